The first kappa shape index (κ1) is 19.9. The molecule has 132 valence electrons. The number of nitrogen functional groups attached to an aromatic ring is 1. The van der Waals surface area contributed by atoms with Gasteiger partial charge in [0.2, 0.25) is 0 Å². The molecule has 0 saturated heterocycles. The van der Waals surface area contributed by atoms with Gasteiger partial charge in [0, 0.05) is 5.69 Å². The summed E-state index contributed by atoms with van der Waals surface area (Å²) in [6, 6.07) is 9.93. The molecule has 10 heteroatoms. The summed E-state index contributed by atoms with van der Waals surface area (Å²) in [6.07, 6.45) is 0. The molecule has 0 bridgehead atoms. The Kier molecular flexibility index (Phi) is 6.32. The van der Waals surface area contributed by atoms with Gasteiger partial charge in [-0.1, -0.05) is 18.2 Å². The first-order chi connectivity index (χ1) is 11.0. The quantitative estimate of drug-likeness (QED) is 0.544. The van der Waals surface area contributed by atoms with Crippen LogP contribution in [0.4, 0.5) is 5.69 Å². The topological polar surface area (TPSA) is 144 Å². The second-order valence-corrected chi connectivity index (χ2v) is 7.43. The van der Waals surface area contributed by atoms with E-state index in [-0.39, 0.29) is 15.5 Å². The number of benzene rings is 2. The van der Waals surface area contributed by atoms with E-state index in [2.05, 4.69) is 0 Å². The Labute approximate surface area is 140 Å². The van der Waals surface area contributed by atoms with E-state index < -0.39 is 20.2 Å². The summed E-state index contributed by atoms with van der Waals surface area (Å²) in [5, 5.41) is 0. The van der Waals surface area contributed by atoms with Crippen molar-refractivity contribution >= 4 is 25.9 Å². The fourth-order valence-electron chi connectivity index (χ4n) is 1.61. The maximum Gasteiger partial charge on any atom is 0.298 e. The highest BCUT2D eigenvalue weighted by Gasteiger charge is 2.14. The molecule has 4 N–H and O–H groups in total. The fraction of sp³-hybridized carbons (Fsp3) is 0.143. The maximum absolute atomic E-state index is 10.7. The van der Waals surface area contributed by atoms with Gasteiger partial charge in [-0.2, -0.15) is 16.8 Å². The molecular formula is C14H17NO7S2. The van der Waals surface area contributed by atoms with Crippen LogP contribution in [0.5, 0.6) is 5.75 Å². The molecule has 0 aromatic heterocycles. The van der Waals surface area contributed by atoms with Gasteiger partial charge in [0.15, 0.2) is 0 Å². The predicted molar refractivity (Wildman–Crippen MR) is 88.2 cm³/mol. The predicted octanol–water partition coefficient (Wildman–Crippen LogP) is 1.77. The SMILES string of the molecule is COc1ccccc1S(=O)(=O)O.Cc1ccc(S(=O)(=O)O)cc1N. The van der Waals surface area contributed by atoms with Crippen molar-refractivity contribution in [3.05, 3.63) is 48.0 Å². The van der Waals surface area contributed by atoms with Crippen molar-refractivity contribution in [3.8, 4) is 5.75 Å². The van der Waals surface area contributed by atoms with Crippen molar-refractivity contribution in [2.75, 3.05) is 12.8 Å². The molecule has 0 aliphatic heterocycles. The highest BCUT2D eigenvalue weighted by atomic mass is 32.2. The number of hydrogen-bond donors (Lipinski definition) is 3. The van der Waals surface area contributed by atoms with Crippen molar-refractivity contribution in [2.24, 2.45) is 0 Å². The van der Waals surface area contributed by atoms with E-state index in [1.165, 1.54) is 37.4 Å². The number of para-hydroxylation sites is 1. The average molecular weight is 375 g/mol. The summed E-state index contributed by atoms with van der Waals surface area (Å²) in [7, 11) is -6.96. The lowest BCUT2D eigenvalue weighted by molar-refractivity contribution is 0.397. The average Bonchev–Trinajstić information content (AvgIpc) is 2.48. The normalized spacial score (nSPS) is 11.3. The summed E-state index contributed by atoms with van der Waals surface area (Å²) in [4.78, 5) is -0.391. The lowest BCUT2D eigenvalue weighted by atomic mass is 10.2. The molecule has 0 spiro atoms. The molecule has 24 heavy (non-hydrogen) atoms. The van der Waals surface area contributed by atoms with Crippen molar-refractivity contribution in [3.63, 3.8) is 0 Å². The van der Waals surface area contributed by atoms with Gasteiger partial charge in [-0.05, 0) is 36.8 Å². The van der Waals surface area contributed by atoms with Gasteiger partial charge in [0.25, 0.3) is 20.2 Å². The summed E-state index contributed by atoms with van der Waals surface area (Å²) >= 11 is 0. The molecular weight excluding hydrogens is 358 g/mol. The van der Waals surface area contributed by atoms with Crippen LogP contribution < -0.4 is 10.5 Å². The van der Waals surface area contributed by atoms with Crippen molar-refractivity contribution in [1.82, 2.24) is 0 Å². The van der Waals surface area contributed by atoms with E-state index in [1.54, 1.807) is 19.1 Å². The van der Waals surface area contributed by atoms with E-state index >= 15 is 0 Å². The van der Waals surface area contributed by atoms with Crippen LogP contribution in [-0.2, 0) is 20.2 Å². The molecule has 0 saturated carbocycles. The molecule has 2 rings (SSSR count). The third-order valence-electron chi connectivity index (χ3n) is 2.90. The monoisotopic (exact) mass is 375 g/mol. The Morgan fingerprint density at radius 1 is 0.958 bits per heavy atom. The highest BCUT2D eigenvalue weighted by molar-refractivity contribution is 7.86. The fourth-order valence-corrected chi connectivity index (χ4v) is 2.78. The maximum atomic E-state index is 10.7. The van der Waals surface area contributed by atoms with E-state index in [0.717, 1.165) is 5.56 Å². The summed E-state index contributed by atoms with van der Waals surface area (Å²) in [5.41, 5.74) is 6.57. The Morgan fingerprint density at radius 2 is 1.54 bits per heavy atom. The van der Waals surface area contributed by atoms with Crippen LogP contribution in [0.3, 0.4) is 0 Å². The molecule has 2 aromatic rings. The minimum absolute atomic E-state index is 0.139. The van der Waals surface area contributed by atoms with Crippen molar-refractivity contribution in [1.29, 1.82) is 0 Å². The van der Waals surface area contributed by atoms with Crippen LogP contribution >= 0.6 is 0 Å². The van der Waals surface area contributed by atoms with Gasteiger partial charge in [0.1, 0.15) is 10.6 Å². The second kappa shape index (κ2) is 7.62. The van der Waals surface area contributed by atoms with E-state index in [0.29, 0.717) is 5.69 Å². The first-order valence-electron chi connectivity index (χ1n) is 6.41. The van der Waals surface area contributed by atoms with Crippen LogP contribution in [0.25, 0.3) is 0 Å². The number of rotatable bonds is 3. The highest BCUT2D eigenvalue weighted by Crippen LogP contribution is 2.21. The molecule has 0 atom stereocenters. The third kappa shape index (κ3) is 5.49. The molecule has 0 aliphatic rings. The van der Waals surface area contributed by atoms with Gasteiger partial charge in [0.05, 0.1) is 12.0 Å². The van der Waals surface area contributed by atoms with Gasteiger partial charge in [-0.3, -0.25) is 9.11 Å². The Morgan fingerprint density at radius 3 is 1.96 bits per heavy atom. The second-order valence-electron chi connectivity index (χ2n) is 4.62. The lowest BCUT2D eigenvalue weighted by Gasteiger charge is -2.03. The van der Waals surface area contributed by atoms with Crippen LogP contribution in [0, 0.1) is 6.92 Å². The first-order valence-corrected chi connectivity index (χ1v) is 9.29. The number of aryl methyl sites for hydroxylation is 1. The largest absolute Gasteiger partial charge is 0.495 e. The smallest absolute Gasteiger partial charge is 0.298 e. The van der Waals surface area contributed by atoms with Gasteiger partial charge >= 0.3 is 0 Å². The molecule has 0 unspecified atom stereocenters. The van der Waals surface area contributed by atoms with Crippen LogP contribution in [-0.4, -0.2) is 33.1 Å². The number of nitrogens with two attached hydrogens (primary N) is 1. The minimum atomic E-state index is -4.17. The van der Waals surface area contributed by atoms with Crippen molar-refractivity contribution in [2.45, 2.75) is 16.7 Å². The minimum Gasteiger partial charge on any atom is -0.495 e. The number of methoxy groups -OCH3 is 1. The summed E-state index contributed by atoms with van der Waals surface area (Å²) in [5.74, 6) is 0.139. The van der Waals surface area contributed by atoms with E-state index in [4.69, 9.17) is 19.6 Å². The van der Waals surface area contributed by atoms with E-state index in [9.17, 15) is 16.8 Å². The standard InChI is InChI=1S/C7H9NO3S.C7H8O4S/c1-5-2-3-6(4-7(5)8)12(9,10)11;1-11-6-4-2-3-5-7(6)12(8,9)10/h2-4H,8H2,1H3,(H,9,10,11);2-5H,1H3,(H,8,9,10). The number of anilines is 1. The number of hydrogen-bond acceptors (Lipinski definition) is 6. The summed E-state index contributed by atoms with van der Waals surface area (Å²) < 4.78 is 64.6. The molecule has 0 heterocycles. The van der Waals surface area contributed by atoms with Crippen LogP contribution in [0.2, 0.25) is 0 Å². The van der Waals surface area contributed by atoms with Gasteiger partial charge in [-0.25, -0.2) is 0 Å². The zero-order valence-corrected chi connectivity index (χ0v) is 14.5. The van der Waals surface area contributed by atoms with Gasteiger partial charge < -0.3 is 10.5 Å². The molecule has 2 aromatic carbocycles. The molecule has 0 radical (unpaired) electrons. The van der Waals surface area contributed by atoms with Crippen molar-refractivity contribution < 1.29 is 30.7 Å². The Balaban J connectivity index is 0.000000240. The zero-order chi connectivity index (χ0) is 18.5. The third-order valence-corrected chi connectivity index (χ3v) is 4.64. The molecule has 0 amide bonds. The molecule has 0 fully saturated rings. The Hall–Kier alpha value is -2.14. The van der Waals surface area contributed by atoms with Crippen LogP contribution in [0.1, 0.15) is 5.56 Å². The number of ether oxygens (including phenoxy) is 1. The van der Waals surface area contributed by atoms with Crippen LogP contribution in [0.15, 0.2) is 52.3 Å². The van der Waals surface area contributed by atoms with Gasteiger partial charge in [-0.15, -0.1) is 0 Å². The molecule has 8 nitrogen and oxygen atoms in total. The Bertz CT molecular complexity index is 922. The molecule has 0 aliphatic carbocycles. The summed E-state index contributed by atoms with van der Waals surface area (Å²) in [6.45, 7) is 1.75. The van der Waals surface area contributed by atoms with E-state index in [1.807, 2.05) is 0 Å². The zero-order valence-electron chi connectivity index (χ0n) is 12.9. The lowest BCUT2D eigenvalue weighted by Crippen LogP contribution is -2.00.